The third kappa shape index (κ3) is 16.8. The van der Waals surface area contributed by atoms with Gasteiger partial charge < -0.3 is 49.0 Å². The Kier molecular flexibility index (Phi) is 23.9. The molecule has 2 unspecified atom stereocenters. The van der Waals surface area contributed by atoms with Gasteiger partial charge in [-0.2, -0.15) is 4.57 Å². The highest BCUT2D eigenvalue weighted by molar-refractivity contribution is 6.02. The Hall–Kier alpha value is -2.48. The van der Waals surface area contributed by atoms with Crippen LogP contribution < -0.4 is 39.2 Å². The van der Waals surface area contributed by atoms with Crippen LogP contribution in [0.15, 0.2) is 24.4 Å². The quantitative estimate of drug-likeness (QED) is 0.0646. The number of imide groups is 1. The molecule has 2 N–H and O–H groups in total. The lowest BCUT2D eigenvalue weighted by atomic mass is 10.0. The summed E-state index contributed by atoms with van der Waals surface area (Å²) in [5.74, 6) is -0.534. The molecule has 2 atom stereocenters. The molecule has 5 amide bonds. The van der Waals surface area contributed by atoms with Gasteiger partial charge in [0.15, 0.2) is 6.20 Å². The predicted octanol–water partition coefficient (Wildman–Crippen LogP) is 2.99. The minimum Gasteiger partial charge on any atom is -1.00 e. The number of aromatic nitrogens is 1. The number of aryl methyl sites for hydroxylation is 1. The van der Waals surface area contributed by atoms with Crippen molar-refractivity contribution in [2.45, 2.75) is 136 Å². The first kappa shape index (κ1) is 43.5. The van der Waals surface area contributed by atoms with Gasteiger partial charge in [-0.25, -0.2) is 9.59 Å². The summed E-state index contributed by atoms with van der Waals surface area (Å²) in [7, 11) is 1.64. The van der Waals surface area contributed by atoms with Gasteiger partial charge in [-0.05, 0) is 32.8 Å². The smallest absolute Gasteiger partial charge is 0.407 e. The van der Waals surface area contributed by atoms with Crippen LogP contribution in [0.4, 0.5) is 9.59 Å². The second kappa shape index (κ2) is 26.4. The SMILES string of the molecule is CCCCCCCCCCCCCCCC(NC(=O)OCCCN1C(=O)CN(CCNC(=O)c2cccc[n+]2CC)C1=O)C(C)OC.[I-]. The number of nitrogens with zero attached hydrogens (tertiary/aromatic N) is 3. The zero-order valence-electron chi connectivity index (χ0n) is 30.0. The van der Waals surface area contributed by atoms with E-state index in [0.717, 1.165) is 19.3 Å². The van der Waals surface area contributed by atoms with Crippen molar-refractivity contribution in [3.05, 3.63) is 30.1 Å². The van der Waals surface area contributed by atoms with Crippen LogP contribution in [0.25, 0.3) is 0 Å². The van der Waals surface area contributed by atoms with Crippen LogP contribution in [-0.4, -0.2) is 85.8 Å². The molecule has 0 radical (unpaired) electrons. The van der Waals surface area contributed by atoms with Crippen molar-refractivity contribution in [1.29, 1.82) is 0 Å². The molecule has 0 bridgehead atoms. The second-order valence-electron chi connectivity index (χ2n) is 12.6. The summed E-state index contributed by atoms with van der Waals surface area (Å²) in [6, 6.07) is 4.86. The summed E-state index contributed by atoms with van der Waals surface area (Å²) in [5.41, 5.74) is 0.534. The largest absolute Gasteiger partial charge is 1.00 e. The number of ether oxygens (including phenoxy) is 2. The molecule has 1 aliphatic rings. The molecule has 0 aliphatic carbocycles. The fraction of sp³-hybridized carbons (Fsp3) is 0.750. The monoisotopic (exact) mass is 787 g/mol. The van der Waals surface area contributed by atoms with Crippen LogP contribution >= 0.6 is 0 Å². The average Bonchev–Trinajstić information content (AvgIpc) is 3.35. The summed E-state index contributed by atoms with van der Waals surface area (Å²) in [4.78, 5) is 52.9. The molecule has 2 rings (SSSR count). The Labute approximate surface area is 306 Å². The topological polar surface area (TPSA) is 121 Å². The number of halogens is 1. The van der Waals surface area contributed by atoms with Gasteiger partial charge in [0.25, 0.3) is 5.69 Å². The molecule has 1 fully saturated rings. The van der Waals surface area contributed by atoms with Crippen LogP contribution in [0.3, 0.4) is 0 Å². The summed E-state index contributed by atoms with van der Waals surface area (Å²) in [6.07, 6.45) is 19.1. The summed E-state index contributed by atoms with van der Waals surface area (Å²) in [6.45, 7) is 7.48. The Morgan fingerprint density at radius 1 is 0.896 bits per heavy atom. The molecule has 12 heteroatoms. The van der Waals surface area contributed by atoms with Gasteiger partial charge >= 0.3 is 18.0 Å². The molecule has 1 aromatic heterocycles. The van der Waals surface area contributed by atoms with Gasteiger partial charge in [-0.15, -0.1) is 0 Å². The number of urea groups is 1. The van der Waals surface area contributed by atoms with E-state index in [9.17, 15) is 19.2 Å². The van der Waals surface area contributed by atoms with Crippen molar-refractivity contribution < 1.29 is 57.2 Å². The van der Waals surface area contributed by atoms with E-state index in [1.807, 2.05) is 30.7 Å². The van der Waals surface area contributed by atoms with E-state index in [-0.39, 0.29) is 80.7 Å². The molecule has 274 valence electrons. The molecule has 2 heterocycles. The van der Waals surface area contributed by atoms with Gasteiger partial charge in [-0.1, -0.05) is 90.4 Å². The summed E-state index contributed by atoms with van der Waals surface area (Å²) in [5, 5.41) is 5.76. The predicted molar refractivity (Wildman–Crippen MR) is 183 cm³/mol. The minimum absolute atomic E-state index is 0. The number of hydrogen-bond acceptors (Lipinski definition) is 6. The first-order chi connectivity index (χ1) is 22.8. The van der Waals surface area contributed by atoms with E-state index < -0.39 is 12.1 Å². The van der Waals surface area contributed by atoms with Crippen molar-refractivity contribution >= 4 is 23.9 Å². The molecule has 11 nitrogen and oxygen atoms in total. The van der Waals surface area contributed by atoms with E-state index in [1.165, 1.54) is 80.4 Å². The Bertz CT molecular complexity index is 1080. The molecule has 1 saturated heterocycles. The molecule has 0 aromatic carbocycles. The number of alkyl carbamates (subject to hydrolysis) is 1. The van der Waals surface area contributed by atoms with Gasteiger partial charge in [0, 0.05) is 38.9 Å². The van der Waals surface area contributed by atoms with E-state index in [0.29, 0.717) is 18.7 Å². The van der Waals surface area contributed by atoms with Crippen LogP contribution in [0.1, 0.15) is 128 Å². The first-order valence-electron chi connectivity index (χ1n) is 18.1. The molecule has 1 aromatic rings. The molecule has 0 saturated carbocycles. The lowest BCUT2D eigenvalue weighted by Gasteiger charge is -2.24. The molecule has 1 aliphatic heterocycles. The van der Waals surface area contributed by atoms with E-state index in [2.05, 4.69) is 17.6 Å². The van der Waals surface area contributed by atoms with Gasteiger partial charge in [-0.3, -0.25) is 14.5 Å². The number of unbranched alkanes of at least 4 members (excludes halogenated alkanes) is 12. The number of rotatable bonds is 26. The fourth-order valence-corrected chi connectivity index (χ4v) is 5.89. The van der Waals surface area contributed by atoms with Crippen molar-refractivity contribution in [3.63, 3.8) is 0 Å². The van der Waals surface area contributed by atoms with E-state index >= 15 is 0 Å². The highest BCUT2D eigenvalue weighted by Crippen LogP contribution is 2.15. The minimum atomic E-state index is -0.521. The number of nitrogens with one attached hydrogen (secondary N) is 2. The molecule has 0 spiro atoms. The normalized spacial score (nSPS) is 14.1. The maximum atomic E-state index is 12.8. The lowest BCUT2D eigenvalue weighted by Crippen LogP contribution is -3.00. The van der Waals surface area contributed by atoms with Crippen molar-refractivity contribution in [2.24, 2.45) is 0 Å². The van der Waals surface area contributed by atoms with Crippen LogP contribution in [0.2, 0.25) is 0 Å². The van der Waals surface area contributed by atoms with Gasteiger partial charge in [0.2, 0.25) is 5.91 Å². The van der Waals surface area contributed by atoms with Gasteiger partial charge in [0.05, 0.1) is 18.8 Å². The number of amides is 5. The number of carbonyl (C=O) groups is 4. The Morgan fingerprint density at radius 3 is 2.12 bits per heavy atom. The van der Waals surface area contributed by atoms with Crippen LogP contribution in [0, 0.1) is 0 Å². The maximum absolute atomic E-state index is 12.8. The second-order valence-corrected chi connectivity index (χ2v) is 12.6. The highest BCUT2D eigenvalue weighted by Gasteiger charge is 2.35. The third-order valence-electron chi connectivity index (χ3n) is 8.93. The van der Waals surface area contributed by atoms with Crippen molar-refractivity contribution in [3.8, 4) is 0 Å². The zero-order chi connectivity index (χ0) is 34.3. The Balaban J connectivity index is 0.0000115. The van der Waals surface area contributed by atoms with Crippen molar-refractivity contribution in [2.75, 3.05) is 39.9 Å². The van der Waals surface area contributed by atoms with Crippen LogP contribution in [-0.2, 0) is 20.8 Å². The fourth-order valence-electron chi connectivity index (χ4n) is 5.89. The number of carbonyl (C=O) groups excluding carboxylic acids is 4. The first-order valence-corrected chi connectivity index (χ1v) is 18.1. The lowest BCUT2D eigenvalue weighted by molar-refractivity contribution is -0.695. The van der Waals surface area contributed by atoms with Crippen molar-refractivity contribution in [1.82, 2.24) is 20.4 Å². The number of methoxy groups -OCH3 is 1. The van der Waals surface area contributed by atoms with E-state index in [1.54, 1.807) is 19.2 Å². The highest BCUT2D eigenvalue weighted by atomic mass is 127. The van der Waals surface area contributed by atoms with E-state index in [4.69, 9.17) is 9.47 Å². The Morgan fingerprint density at radius 2 is 1.52 bits per heavy atom. The third-order valence-corrected chi connectivity index (χ3v) is 8.93. The average molecular weight is 788 g/mol. The van der Waals surface area contributed by atoms with Gasteiger partial charge in [0.1, 0.15) is 13.1 Å². The van der Waals surface area contributed by atoms with Crippen LogP contribution in [0.5, 0.6) is 0 Å². The number of pyridine rings is 1. The maximum Gasteiger partial charge on any atom is 0.407 e. The zero-order valence-corrected chi connectivity index (χ0v) is 32.1. The summed E-state index contributed by atoms with van der Waals surface area (Å²) < 4.78 is 12.7. The molecule has 48 heavy (non-hydrogen) atoms. The molecular formula is C36H62IN5O6. The molecular weight excluding hydrogens is 725 g/mol. The number of hydrogen-bond donors (Lipinski definition) is 2. The summed E-state index contributed by atoms with van der Waals surface area (Å²) >= 11 is 0. The standard InChI is InChI=1S/C36H61N5O6.HI/c1-5-7-8-9-10-11-12-13-14-15-16-17-18-22-31(30(3)46-4)38-35(44)47-28-21-26-41-33(42)29-40(36(41)45)27-24-37-34(43)32-23-19-20-25-39(32)6-2;/h19-20,23,25,30-31H,5-18,21-22,24,26-29H2,1-4H3,(H-,37,38,43,44);1H.